The predicted octanol–water partition coefficient (Wildman–Crippen LogP) is 4.36. The lowest BCUT2D eigenvalue weighted by atomic mass is 10.0. The number of anilines is 2. The van der Waals surface area contributed by atoms with Crippen LogP contribution in [-0.4, -0.2) is 24.0 Å². The highest BCUT2D eigenvalue weighted by molar-refractivity contribution is 7.80. The third kappa shape index (κ3) is 5.39. The van der Waals surface area contributed by atoms with Crippen molar-refractivity contribution in [3.63, 3.8) is 0 Å². The van der Waals surface area contributed by atoms with Crippen LogP contribution in [-0.2, 0) is 4.79 Å². The SMILES string of the molecule is CN(C(=O)c1cccc(NC(=S)NC(=O)CC2CCCC2)c1)c1ccccc1. The highest BCUT2D eigenvalue weighted by Crippen LogP contribution is 2.27. The van der Waals surface area contributed by atoms with E-state index >= 15 is 0 Å². The summed E-state index contributed by atoms with van der Waals surface area (Å²) in [7, 11) is 1.74. The van der Waals surface area contributed by atoms with Crippen molar-refractivity contribution in [2.45, 2.75) is 32.1 Å². The third-order valence-electron chi connectivity index (χ3n) is 5.02. The fourth-order valence-corrected chi connectivity index (χ4v) is 3.74. The molecule has 0 radical (unpaired) electrons. The van der Waals surface area contributed by atoms with E-state index in [1.807, 2.05) is 36.4 Å². The molecule has 1 aliphatic rings. The van der Waals surface area contributed by atoms with Gasteiger partial charge in [-0.15, -0.1) is 0 Å². The Morgan fingerprint density at radius 3 is 2.50 bits per heavy atom. The quantitative estimate of drug-likeness (QED) is 0.739. The number of hydrogen-bond acceptors (Lipinski definition) is 3. The van der Waals surface area contributed by atoms with E-state index in [2.05, 4.69) is 10.6 Å². The molecule has 2 aromatic carbocycles. The number of hydrogen-bond donors (Lipinski definition) is 2. The Labute approximate surface area is 171 Å². The molecule has 2 aromatic rings. The monoisotopic (exact) mass is 395 g/mol. The summed E-state index contributed by atoms with van der Waals surface area (Å²) in [6.07, 6.45) is 5.17. The van der Waals surface area contributed by atoms with Gasteiger partial charge in [-0.3, -0.25) is 9.59 Å². The van der Waals surface area contributed by atoms with Gasteiger partial charge in [0.15, 0.2) is 5.11 Å². The van der Waals surface area contributed by atoms with E-state index in [1.54, 1.807) is 30.1 Å². The average Bonchev–Trinajstić information content (AvgIpc) is 3.20. The molecule has 5 nitrogen and oxygen atoms in total. The van der Waals surface area contributed by atoms with Crippen molar-refractivity contribution in [1.29, 1.82) is 0 Å². The topological polar surface area (TPSA) is 61.4 Å². The zero-order valence-corrected chi connectivity index (χ0v) is 16.8. The fourth-order valence-electron chi connectivity index (χ4n) is 3.51. The maximum atomic E-state index is 12.7. The van der Waals surface area contributed by atoms with E-state index in [4.69, 9.17) is 12.2 Å². The number of thiocarbonyl (C=S) groups is 1. The minimum atomic E-state index is -0.119. The number of carbonyl (C=O) groups excluding carboxylic acids is 2. The third-order valence-corrected chi connectivity index (χ3v) is 5.22. The van der Waals surface area contributed by atoms with E-state index in [1.165, 1.54) is 12.8 Å². The molecule has 6 heteroatoms. The van der Waals surface area contributed by atoms with Crippen LogP contribution in [0.25, 0.3) is 0 Å². The van der Waals surface area contributed by atoms with Gasteiger partial charge in [-0.25, -0.2) is 0 Å². The Bertz CT molecular complexity index is 848. The molecule has 3 rings (SSSR count). The number of rotatable bonds is 5. The normalized spacial score (nSPS) is 13.8. The molecule has 0 atom stereocenters. The second-order valence-electron chi connectivity index (χ2n) is 7.14. The van der Waals surface area contributed by atoms with Gasteiger partial charge in [0.2, 0.25) is 5.91 Å². The Hall–Kier alpha value is -2.73. The smallest absolute Gasteiger partial charge is 0.258 e. The number of carbonyl (C=O) groups is 2. The van der Waals surface area contributed by atoms with Crippen LogP contribution in [0, 0.1) is 5.92 Å². The van der Waals surface area contributed by atoms with Gasteiger partial charge >= 0.3 is 0 Å². The van der Waals surface area contributed by atoms with Crippen LogP contribution in [0.4, 0.5) is 11.4 Å². The Balaban J connectivity index is 1.58. The van der Waals surface area contributed by atoms with Crippen molar-refractivity contribution < 1.29 is 9.59 Å². The van der Waals surface area contributed by atoms with Crippen molar-refractivity contribution in [1.82, 2.24) is 5.32 Å². The number of amides is 2. The molecule has 1 fully saturated rings. The Kier molecular flexibility index (Phi) is 6.76. The van der Waals surface area contributed by atoms with Gasteiger partial charge in [0.1, 0.15) is 0 Å². The summed E-state index contributed by atoms with van der Waals surface area (Å²) in [5, 5.41) is 5.99. The van der Waals surface area contributed by atoms with Crippen LogP contribution >= 0.6 is 12.2 Å². The molecule has 0 saturated heterocycles. The molecule has 0 aromatic heterocycles. The first-order valence-electron chi connectivity index (χ1n) is 9.57. The summed E-state index contributed by atoms with van der Waals surface area (Å²) in [5.74, 6) is 0.295. The highest BCUT2D eigenvalue weighted by Gasteiger charge is 2.19. The molecule has 1 saturated carbocycles. The molecule has 2 amide bonds. The summed E-state index contributed by atoms with van der Waals surface area (Å²) >= 11 is 5.25. The molecule has 2 N–H and O–H groups in total. The van der Waals surface area contributed by atoms with Gasteiger partial charge in [0.25, 0.3) is 5.91 Å². The van der Waals surface area contributed by atoms with Gasteiger partial charge < -0.3 is 15.5 Å². The van der Waals surface area contributed by atoms with Crippen LogP contribution in [0.1, 0.15) is 42.5 Å². The standard InChI is InChI=1S/C22H25N3O2S/c1-25(19-12-3-2-4-13-19)21(27)17-10-7-11-18(15-17)23-22(28)24-20(26)14-16-8-5-6-9-16/h2-4,7,10-13,15-16H,5-6,8-9,14H2,1H3,(H2,23,24,26,28). The molecule has 0 spiro atoms. The second-order valence-corrected chi connectivity index (χ2v) is 7.55. The number of nitrogens with zero attached hydrogens (tertiary/aromatic N) is 1. The number of benzene rings is 2. The van der Waals surface area contributed by atoms with Crippen molar-refractivity contribution in [2.24, 2.45) is 5.92 Å². The van der Waals surface area contributed by atoms with E-state index in [9.17, 15) is 9.59 Å². The van der Waals surface area contributed by atoms with Gasteiger partial charge in [-0.2, -0.15) is 0 Å². The minimum absolute atomic E-state index is 0.0551. The maximum absolute atomic E-state index is 12.7. The zero-order valence-electron chi connectivity index (χ0n) is 16.0. The molecule has 146 valence electrons. The van der Waals surface area contributed by atoms with E-state index < -0.39 is 0 Å². The van der Waals surface area contributed by atoms with Crippen LogP contribution in [0.15, 0.2) is 54.6 Å². The van der Waals surface area contributed by atoms with Gasteiger partial charge in [-0.05, 0) is 61.3 Å². The molecule has 0 unspecified atom stereocenters. The minimum Gasteiger partial charge on any atom is -0.332 e. The molecule has 1 aliphatic carbocycles. The number of para-hydroxylation sites is 1. The zero-order chi connectivity index (χ0) is 19.9. The van der Waals surface area contributed by atoms with Crippen molar-refractivity contribution in [3.05, 3.63) is 60.2 Å². The van der Waals surface area contributed by atoms with E-state index in [0.717, 1.165) is 18.5 Å². The summed E-state index contributed by atoms with van der Waals surface area (Å²) in [6.45, 7) is 0. The van der Waals surface area contributed by atoms with Crippen molar-refractivity contribution in [2.75, 3.05) is 17.3 Å². The predicted molar refractivity (Wildman–Crippen MR) is 117 cm³/mol. The van der Waals surface area contributed by atoms with E-state index in [0.29, 0.717) is 23.6 Å². The molecule has 0 heterocycles. The lowest BCUT2D eigenvalue weighted by Gasteiger charge is -2.18. The highest BCUT2D eigenvalue weighted by atomic mass is 32.1. The largest absolute Gasteiger partial charge is 0.332 e. The fraction of sp³-hybridized carbons (Fsp3) is 0.318. The lowest BCUT2D eigenvalue weighted by molar-refractivity contribution is -0.120. The molecule has 0 aliphatic heterocycles. The molecule has 28 heavy (non-hydrogen) atoms. The maximum Gasteiger partial charge on any atom is 0.258 e. The van der Waals surface area contributed by atoms with Gasteiger partial charge in [0.05, 0.1) is 0 Å². The van der Waals surface area contributed by atoms with Crippen LogP contribution in [0.5, 0.6) is 0 Å². The van der Waals surface area contributed by atoms with Crippen molar-refractivity contribution in [3.8, 4) is 0 Å². The summed E-state index contributed by atoms with van der Waals surface area (Å²) < 4.78 is 0. The Morgan fingerprint density at radius 2 is 1.79 bits per heavy atom. The average molecular weight is 396 g/mol. The first-order chi connectivity index (χ1) is 13.5. The number of nitrogens with one attached hydrogen (secondary N) is 2. The molecular weight excluding hydrogens is 370 g/mol. The van der Waals surface area contributed by atoms with Crippen LogP contribution < -0.4 is 15.5 Å². The first kappa shape index (κ1) is 20.0. The van der Waals surface area contributed by atoms with Gasteiger partial charge in [0, 0.05) is 30.4 Å². The van der Waals surface area contributed by atoms with Gasteiger partial charge in [-0.1, -0.05) is 37.1 Å². The second kappa shape index (κ2) is 9.46. The van der Waals surface area contributed by atoms with Crippen LogP contribution in [0.2, 0.25) is 0 Å². The Morgan fingerprint density at radius 1 is 1.07 bits per heavy atom. The first-order valence-corrected chi connectivity index (χ1v) is 9.98. The summed E-state index contributed by atoms with van der Waals surface area (Å²) in [5.41, 5.74) is 2.02. The summed E-state index contributed by atoms with van der Waals surface area (Å²) in [6, 6.07) is 16.6. The lowest BCUT2D eigenvalue weighted by Crippen LogP contribution is -2.35. The molecule has 0 bridgehead atoms. The summed E-state index contributed by atoms with van der Waals surface area (Å²) in [4.78, 5) is 26.5. The van der Waals surface area contributed by atoms with Crippen molar-refractivity contribution >= 4 is 40.5 Å². The van der Waals surface area contributed by atoms with Crippen LogP contribution in [0.3, 0.4) is 0 Å². The van der Waals surface area contributed by atoms with E-state index in [-0.39, 0.29) is 16.9 Å². The molecular formula is C22H25N3O2S.